The van der Waals surface area contributed by atoms with Crippen molar-refractivity contribution in [1.82, 2.24) is 15.1 Å². The number of aryl methyl sites for hydroxylation is 1. The minimum atomic E-state index is -0.918. The van der Waals surface area contributed by atoms with Crippen molar-refractivity contribution >= 4 is 29.2 Å². The van der Waals surface area contributed by atoms with E-state index < -0.39 is 22.1 Å². The molecule has 0 aliphatic rings. The highest BCUT2D eigenvalue weighted by Gasteiger charge is 2.29. The second kappa shape index (κ2) is 6.89. The van der Waals surface area contributed by atoms with Crippen molar-refractivity contribution in [2.45, 2.75) is 13.8 Å². The first kappa shape index (κ1) is 18.7. The summed E-state index contributed by atoms with van der Waals surface area (Å²) in [5.41, 5.74) is 0.245. The molecule has 0 saturated heterocycles. The van der Waals surface area contributed by atoms with Gasteiger partial charge in [0.25, 0.3) is 5.89 Å². The SMILES string of the molecule is Cc1nc(OCl)c(-c2noc(-c3ccc(O)c(O)c3[N+](=O)[O-])n2)c(C)c1Cl. The highest BCUT2D eigenvalue weighted by atomic mass is 35.5. The van der Waals surface area contributed by atoms with Gasteiger partial charge in [-0.3, -0.25) is 10.1 Å². The van der Waals surface area contributed by atoms with E-state index in [0.29, 0.717) is 16.3 Å². The maximum atomic E-state index is 11.3. The van der Waals surface area contributed by atoms with Gasteiger partial charge in [0, 0.05) is 0 Å². The van der Waals surface area contributed by atoms with Crippen molar-refractivity contribution in [3.63, 3.8) is 0 Å². The maximum Gasteiger partial charge on any atom is 0.327 e. The molecule has 140 valence electrons. The smallest absolute Gasteiger partial charge is 0.327 e. The first-order valence-corrected chi connectivity index (χ1v) is 7.94. The van der Waals surface area contributed by atoms with Gasteiger partial charge in [0.15, 0.2) is 5.75 Å². The van der Waals surface area contributed by atoms with Crippen LogP contribution < -0.4 is 4.29 Å². The normalized spacial score (nSPS) is 10.8. The molecular weight excluding hydrogens is 403 g/mol. The second-order valence-corrected chi connectivity index (χ2v) is 5.94. The zero-order chi connectivity index (χ0) is 19.9. The van der Waals surface area contributed by atoms with Crippen LogP contribution >= 0.6 is 23.5 Å². The van der Waals surface area contributed by atoms with E-state index in [9.17, 15) is 20.3 Å². The predicted octanol–water partition coefficient (Wildman–Crippen LogP) is 3.92. The van der Waals surface area contributed by atoms with Crippen LogP contribution in [0.5, 0.6) is 17.4 Å². The molecule has 0 aliphatic heterocycles. The lowest BCUT2D eigenvalue weighted by molar-refractivity contribution is -0.385. The van der Waals surface area contributed by atoms with Crippen LogP contribution in [-0.4, -0.2) is 30.3 Å². The van der Waals surface area contributed by atoms with Gasteiger partial charge in [-0.1, -0.05) is 16.8 Å². The lowest BCUT2D eigenvalue weighted by Gasteiger charge is -2.09. The number of phenolic OH excluding ortho intramolecular Hbond substituents is 2. The monoisotopic (exact) mass is 412 g/mol. The van der Waals surface area contributed by atoms with Crippen molar-refractivity contribution in [3.8, 4) is 40.2 Å². The van der Waals surface area contributed by atoms with Gasteiger partial charge in [-0.05, 0) is 31.5 Å². The number of aromatic nitrogens is 3. The number of aromatic hydroxyl groups is 2. The molecule has 0 bridgehead atoms. The van der Waals surface area contributed by atoms with Crippen molar-refractivity contribution in [1.29, 1.82) is 0 Å². The summed E-state index contributed by atoms with van der Waals surface area (Å²) in [6.07, 6.45) is 0. The fourth-order valence-corrected chi connectivity index (χ4v) is 2.73. The average Bonchev–Trinajstić information content (AvgIpc) is 3.10. The molecule has 3 rings (SSSR count). The predicted molar refractivity (Wildman–Crippen MR) is 93.9 cm³/mol. The number of pyridine rings is 1. The van der Waals surface area contributed by atoms with Gasteiger partial charge in [0.1, 0.15) is 17.4 Å². The van der Waals surface area contributed by atoms with Crippen molar-refractivity contribution < 1.29 is 23.9 Å². The van der Waals surface area contributed by atoms with Crippen LogP contribution in [0, 0.1) is 24.0 Å². The first-order chi connectivity index (χ1) is 12.8. The number of nitro benzene ring substituents is 1. The molecule has 0 unspecified atom stereocenters. The standard InChI is InChI=1S/C15H10Cl2N4O6/c1-5-9(15(26-17)18-6(2)10(5)16)13-19-14(27-20-13)7-3-4-8(22)12(23)11(7)21(24)25/h3-4,22-23H,1-2H3. The first-order valence-electron chi connectivity index (χ1n) is 7.25. The van der Waals surface area contributed by atoms with E-state index in [2.05, 4.69) is 15.1 Å². The number of rotatable bonds is 4. The third-order valence-electron chi connectivity index (χ3n) is 3.77. The Bertz CT molecular complexity index is 1070. The van der Waals surface area contributed by atoms with E-state index in [4.69, 9.17) is 32.3 Å². The Morgan fingerprint density at radius 2 is 1.96 bits per heavy atom. The molecule has 2 N–H and O–H groups in total. The van der Waals surface area contributed by atoms with Crippen LogP contribution in [-0.2, 0) is 0 Å². The van der Waals surface area contributed by atoms with E-state index in [0.717, 1.165) is 12.1 Å². The fraction of sp³-hybridized carbons (Fsp3) is 0.133. The minimum absolute atomic E-state index is 0.0218. The molecule has 27 heavy (non-hydrogen) atoms. The van der Waals surface area contributed by atoms with Crippen LogP contribution in [0.2, 0.25) is 5.02 Å². The zero-order valence-corrected chi connectivity index (χ0v) is 15.2. The Morgan fingerprint density at radius 3 is 2.59 bits per heavy atom. The summed E-state index contributed by atoms with van der Waals surface area (Å²) in [7, 11) is 0. The Labute approximate surface area is 161 Å². The fourth-order valence-electron chi connectivity index (χ4n) is 2.48. The molecule has 0 saturated carbocycles. The van der Waals surface area contributed by atoms with Gasteiger partial charge in [0.05, 0.1) is 21.2 Å². The Kier molecular flexibility index (Phi) is 4.77. The molecular formula is C15H10Cl2N4O6. The van der Waals surface area contributed by atoms with Crippen LogP contribution in [0.15, 0.2) is 16.7 Å². The van der Waals surface area contributed by atoms with E-state index in [-0.39, 0.29) is 28.7 Å². The topological polar surface area (TPSA) is 145 Å². The Balaban J connectivity index is 2.20. The number of nitro groups is 1. The number of phenols is 2. The molecule has 3 aromatic rings. The summed E-state index contributed by atoms with van der Waals surface area (Å²) in [5, 5.41) is 34.6. The lowest BCUT2D eigenvalue weighted by Crippen LogP contribution is -1.97. The summed E-state index contributed by atoms with van der Waals surface area (Å²) in [6, 6.07) is 2.22. The summed E-state index contributed by atoms with van der Waals surface area (Å²) in [5.74, 6) is -1.91. The molecule has 0 radical (unpaired) electrons. The third kappa shape index (κ3) is 3.09. The molecule has 12 heteroatoms. The summed E-state index contributed by atoms with van der Waals surface area (Å²) in [4.78, 5) is 18.6. The van der Waals surface area contributed by atoms with Crippen LogP contribution in [0.1, 0.15) is 11.3 Å². The van der Waals surface area contributed by atoms with Crippen LogP contribution in [0.25, 0.3) is 22.8 Å². The molecule has 0 amide bonds. The lowest BCUT2D eigenvalue weighted by atomic mass is 10.1. The van der Waals surface area contributed by atoms with Crippen molar-refractivity contribution in [3.05, 3.63) is 38.5 Å². The number of benzene rings is 1. The molecule has 0 spiro atoms. The summed E-state index contributed by atoms with van der Waals surface area (Å²) >= 11 is 11.7. The Hall–Kier alpha value is -3.11. The van der Waals surface area contributed by atoms with Crippen LogP contribution in [0.3, 0.4) is 0 Å². The summed E-state index contributed by atoms with van der Waals surface area (Å²) in [6.45, 7) is 3.32. The minimum Gasteiger partial charge on any atom is -0.504 e. The molecule has 1 aromatic carbocycles. The van der Waals surface area contributed by atoms with E-state index in [1.165, 1.54) is 0 Å². The van der Waals surface area contributed by atoms with Gasteiger partial charge in [-0.2, -0.15) is 4.98 Å². The van der Waals surface area contributed by atoms with Crippen molar-refractivity contribution in [2.75, 3.05) is 0 Å². The van der Waals surface area contributed by atoms with E-state index in [1.807, 2.05) is 0 Å². The maximum absolute atomic E-state index is 11.3. The summed E-state index contributed by atoms with van der Waals surface area (Å²) < 4.78 is 9.82. The van der Waals surface area contributed by atoms with Crippen molar-refractivity contribution in [2.24, 2.45) is 0 Å². The number of hydrogen-bond acceptors (Lipinski definition) is 9. The van der Waals surface area contributed by atoms with Gasteiger partial charge >= 0.3 is 5.69 Å². The number of nitrogens with zero attached hydrogens (tertiary/aromatic N) is 4. The quantitative estimate of drug-likeness (QED) is 0.369. The second-order valence-electron chi connectivity index (χ2n) is 5.40. The largest absolute Gasteiger partial charge is 0.504 e. The average molecular weight is 413 g/mol. The van der Waals surface area contributed by atoms with Gasteiger partial charge < -0.3 is 19.0 Å². The van der Waals surface area contributed by atoms with Gasteiger partial charge in [-0.15, -0.1) is 0 Å². The number of hydrogen-bond donors (Lipinski definition) is 2. The third-order valence-corrected chi connectivity index (χ3v) is 4.47. The Morgan fingerprint density at radius 1 is 1.26 bits per heavy atom. The molecule has 10 nitrogen and oxygen atoms in total. The molecule has 0 atom stereocenters. The molecule has 0 aliphatic carbocycles. The highest BCUT2D eigenvalue weighted by molar-refractivity contribution is 6.32. The van der Waals surface area contributed by atoms with E-state index in [1.54, 1.807) is 13.8 Å². The van der Waals surface area contributed by atoms with Crippen LogP contribution in [0.4, 0.5) is 5.69 Å². The van der Waals surface area contributed by atoms with Gasteiger partial charge in [-0.25, -0.2) is 4.98 Å². The van der Waals surface area contributed by atoms with E-state index >= 15 is 0 Å². The number of halogens is 2. The molecule has 0 fully saturated rings. The molecule has 2 aromatic heterocycles. The zero-order valence-electron chi connectivity index (χ0n) is 13.7. The molecule has 2 heterocycles. The highest BCUT2D eigenvalue weighted by Crippen LogP contribution is 2.43. The van der Waals surface area contributed by atoms with Gasteiger partial charge in [0.2, 0.25) is 17.5 Å².